The third-order valence-electron chi connectivity index (χ3n) is 7.80. The van der Waals surface area contributed by atoms with Crippen molar-refractivity contribution >= 4 is 11.6 Å². The van der Waals surface area contributed by atoms with Crippen molar-refractivity contribution in [3.63, 3.8) is 0 Å². The SMILES string of the molecule is C=CCCC=CCCc1ccc(-c2cc(F)c(OC(F)(F)c3cc(F)c(-c4cc(F)c(-c5cc(F)c(F)c(F)c5)c(F)c4)c(Cl)c3)c(F)c2)cc1. The van der Waals surface area contributed by atoms with Crippen molar-refractivity contribution in [2.75, 3.05) is 0 Å². The van der Waals surface area contributed by atoms with Gasteiger partial charge in [0, 0.05) is 5.56 Å². The van der Waals surface area contributed by atoms with Crippen molar-refractivity contribution in [1.29, 1.82) is 0 Å². The maximum Gasteiger partial charge on any atom is 0.427 e. The molecule has 0 atom stereocenters. The van der Waals surface area contributed by atoms with Gasteiger partial charge >= 0.3 is 6.11 Å². The van der Waals surface area contributed by atoms with Crippen LogP contribution in [0.2, 0.25) is 5.02 Å². The van der Waals surface area contributed by atoms with E-state index in [4.69, 9.17) is 11.6 Å². The molecule has 5 aromatic carbocycles. The number of halogens is 11. The highest BCUT2D eigenvalue weighted by Gasteiger charge is 2.38. The second-order valence-corrected chi connectivity index (χ2v) is 11.8. The Morgan fingerprint density at radius 2 is 1.08 bits per heavy atom. The third kappa shape index (κ3) is 8.31. The molecule has 0 aliphatic rings. The topological polar surface area (TPSA) is 9.23 Å². The van der Waals surface area contributed by atoms with E-state index in [2.05, 4.69) is 17.4 Å². The van der Waals surface area contributed by atoms with Crippen LogP contribution in [0.25, 0.3) is 33.4 Å². The van der Waals surface area contributed by atoms with Gasteiger partial charge in [-0.05, 0) is 102 Å². The molecule has 1 nitrogen and oxygen atoms in total. The van der Waals surface area contributed by atoms with Crippen molar-refractivity contribution in [3.05, 3.63) is 160 Å². The Kier molecular flexibility index (Phi) is 11.3. The summed E-state index contributed by atoms with van der Waals surface area (Å²) in [6.45, 7) is 3.66. The van der Waals surface area contributed by atoms with Gasteiger partial charge in [0.2, 0.25) is 0 Å². The summed E-state index contributed by atoms with van der Waals surface area (Å²) in [5.41, 5.74) is -2.96. The highest BCUT2D eigenvalue weighted by atomic mass is 35.5. The number of aryl methyl sites for hydroxylation is 1. The molecule has 0 saturated heterocycles. The van der Waals surface area contributed by atoms with Gasteiger partial charge in [-0.15, -0.1) is 6.58 Å². The van der Waals surface area contributed by atoms with Crippen LogP contribution in [-0.4, -0.2) is 0 Å². The van der Waals surface area contributed by atoms with E-state index in [1.807, 2.05) is 12.2 Å². The maximum absolute atomic E-state index is 15.2. The van der Waals surface area contributed by atoms with Crippen LogP contribution in [0.15, 0.2) is 97.6 Å². The Morgan fingerprint density at radius 3 is 1.65 bits per heavy atom. The zero-order valence-corrected chi connectivity index (χ0v) is 27.0. The Bertz CT molecular complexity index is 2030. The first-order chi connectivity index (χ1) is 24.2. The Labute approximate surface area is 291 Å². The zero-order valence-electron chi connectivity index (χ0n) is 26.3. The molecule has 0 amide bonds. The smallest absolute Gasteiger partial charge is 0.423 e. The van der Waals surface area contributed by atoms with E-state index >= 15 is 22.0 Å². The summed E-state index contributed by atoms with van der Waals surface area (Å²) < 4.78 is 151. The monoisotopic (exact) mass is 734 g/mol. The maximum atomic E-state index is 15.2. The molecule has 0 N–H and O–H groups in total. The summed E-state index contributed by atoms with van der Waals surface area (Å²) in [6, 6.07) is 10.8. The molecule has 0 unspecified atom stereocenters. The Morgan fingerprint density at radius 1 is 0.569 bits per heavy atom. The van der Waals surface area contributed by atoms with Gasteiger partial charge in [0.25, 0.3) is 0 Å². The predicted molar refractivity (Wildman–Crippen MR) is 175 cm³/mol. The number of rotatable bonds is 12. The molecule has 5 aromatic rings. The second-order valence-electron chi connectivity index (χ2n) is 11.3. The van der Waals surface area contributed by atoms with Crippen LogP contribution >= 0.6 is 11.6 Å². The fraction of sp³-hybridized carbons (Fsp3) is 0.128. The number of allylic oxidation sites excluding steroid dienone is 3. The lowest BCUT2D eigenvalue weighted by atomic mass is 9.97. The number of unbranched alkanes of at least 4 members (excludes halogenated alkanes) is 1. The number of ether oxygens (including phenoxy) is 1. The molecule has 264 valence electrons. The minimum absolute atomic E-state index is 0.0372. The third-order valence-corrected chi connectivity index (χ3v) is 8.10. The van der Waals surface area contributed by atoms with Crippen LogP contribution in [0.3, 0.4) is 0 Å². The van der Waals surface area contributed by atoms with E-state index in [-0.39, 0.29) is 11.6 Å². The molecule has 0 bridgehead atoms. The Hall–Kier alpha value is -5.03. The van der Waals surface area contributed by atoms with Gasteiger partial charge in [-0.3, -0.25) is 0 Å². The van der Waals surface area contributed by atoms with Crippen LogP contribution < -0.4 is 4.74 Å². The van der Waals surface area contributed by atoms with Gasteiger partial charge < -0.3 is 4.74 Å². The molecule has 0 spiro atoms. The summed E-state index contributed by atoms with van der Waals surface area (Å²) in [5.74, 6) is -14.2. The predicted octanol–water partition coefficient (Wildman–Crippen LogP) is 13.0. The standard InChI is InChI=1S/C39H25ClF10O/c1-2-3-4-5-6-7-8-21-9-11-22(12-10-21)23-13-33(46)38(34(47)14-23)51-39(49,50)26-19-27(40)35(30(43)20-26)24-15-28(41)36(29(42)16-24)25-17-31(44)37(48)32(45)18-25/h2,5-6,9-20H,1,3-4,7-8H2. The summed E-state index contributed by atoms with van der Waals surface area (Å²) in [6.07, 6.45) is 4.63. The van der Waals surface area contributed by atoms with Crippen molar-refractivity contribution in [2.24, 2.45) is 0 Å². The van der Waals surface area contributed by atoms with Crippen molar-refractivity contribution in [1.82, 2.24) is 0 Å². The van der Waals surface area contributed by atoms with Crippen LogP contribution in [0.5, 0.6) is 5.75 Å². The molecule has 0 aliphatic carbocycles. The fourth-order valence-electron chi connectivity index (χ4n) is 5.28. The van der Waals surface area contributed by atoms with E-state index < -0.39 is 91.2 Å². The van der Waals surface area contributed by atoms with Gasteiger partial charge in [0.15, 0.2) is 34.8 Å². The van der Waals surface area contributed by atoms with Gasteiger partial charge in [0.1, 0.15) is 17.5 Å². The Balaban J connectivity index is 1.36. The molecule has 0 radical (unpaired) electrons. The minimum Gasteiger partial charge on any atom is -0.423 e. The summed E-state index contributed by atoms with van der Waals surface area (Å²) in [5, 5.41) is -0.804. The lowest BCUT2D eigenvalue weighted by molar-refractivity contribution is -0.188. The summed E-state index contributed by atoms with van der Waals surface area (Å²) >= 11 is 6.05. The van der Waals surface area contributed by atoms with Gasteiger partial charge in [-0.2, -0.15) is 8.78 Å². The van der Waals surface area contributed by atoms with Crippen molar-refractivity contribution in [2.45, 2.75) is 31.8 Å². The molecular weight excluding hydrogens is 710 g/mol. The molecule has 0 saturated carbocycles. The number of alkyl halides is 2. The first-order valence-corrected chi connectivity index (χ1v) is 15.6. The molecule has 0 heterocycles. The lowest BCUT2D eigenvalue weighted by Crippen LogP contribution is -2.23. The van der Waals surface area contributed by atoms with Gasteiger partial charge in [-0.25, -0.2) is 35.1 Å². The highest BCUT2D eigenvalue weighted by molar-refractivity contribution is 6.33. The fourth-order valence-corrected chi connectivity index (χ4v) is 5.60. The lowest BCUT2D eigenvalue weighted by Gasteiger charge is -2.21. The van der Waals surface area contributed by atoms with Gasteiger partial charge in [-0.1, -0.05) is 54.1 Å². The summed E-state index contributed by atoms with van der Waals surface area (Å²) in [7, 11) is 0. The van der Waals surface area contributed by atoms with Crippen LogP contribution in [0.1, 0.15) is 30.4 Å². The first-order valence-electron chi connectivity index (χ1n) is 15.2. The molecule has 0 aliphatic heterocycles. The molecular formula is C39H25ClF10O. The molecule has 5 rings (SSSR count). The largest absolute Gasteiger partial charge is 0.427 e. The van der Waals surface area contributed by atoms with Crippen molar-refractivity contribution < 1.29 is 48.6 Å². The normalized spacial score (nSPS) is 11.7. The minimum atomic E-state index is -4.56. The average molecular weight is 735 g/mol. The number of hydrogen-bond donors (Lipinski definition) is 0. The average Bonchev–Trinajstić information content (AvgIpc) is 3.06. The van der Waals surface area contributed by atoms with Crippen LogP contribution in [-0.2, 0) is 12.5 Å². The van der Waals surface area contributed by atoms with Crippen LogP contribution in [0.4, 0.5) is 43.9 Å². The quantitative estimate of drug-likeness (QED) is 0.0537. The van der Waals surface area contributed by atoms with Crippen molar-refractivity contribution in [3.8, 4) is 39.1 Å². The van der Waals surface area contributed by atoms with E-state index in [9.17, 15) is 22.0 Å². The highest BCUT2D eigenvalue weighted by Crippen LogP contribution is 2.41. The first kappa shape index (κ1) is 37.2. The van der Waals surface area contributed by atoms with Gasteiger partial charge in [0.05, 0.1) is 16.1 Å². The van der Waals surface area contributed by atoms with E-state index in [1.165, 1.54) is 0 Å². The second kappa shape index (κ2) is 15.5. The van der Waals surface area contributed by atoms with Crippen LogP contribution in [0, 0.1) is 46.5 Å². The summed E-state index contributed by atoms with van der Waals surface area (Å²) in [4.78, 5) is 0. The molecule has 12 heteroatoms. The number of hydrogen-bond acceptors (Lipinski definition) is 1. The zero-order chi connectivity index (χ0) is 37.0. The molecule has 0 fully saturated rings. The number of benzene rings is 5. The van der Waals surface area contributed by atoms with E-state index in [0.29, 0.717) is 35.9 Å². The molecule has 0 aromatic heterocycles. The molecule has 51 heavy (non-hydrogen) atoms. The van der Waals surface area contributed by atoms with E-state index in [0.717, 1.165) is 43.4 Å². The van der Waals surface area contributed by atoms with E-state index in [1.54, 1.807) is 24.3 Å².